The lowest BCUT2D eigenvalue weighted by atomic mass is 9.91. The molecule has 0 spiro atoms. The molecule has 0 saturated carbocycles. The quantitative estimate of drug-likeness (QED) is 0.0548. The van der Waals surface area contributed by atoms with E-state index in [9.17, 15) is 48.3 Å². The number of benzene rings is 2. The number of nitrogens with one attached hydrogen (secondary N) is 4. The third-order valence-electron chi connectivity index (χ3n) is 21.7. The van der Waals surface area contributed by atoms with Gasteiger partial charge in [-0.05, 0) is 145 Å². The van der Waals surface area contributed by atoms with Gasteiger partial charge in [0, 0.05) is 61.4 Å². The first kappa shape index (κ1) is 99.3. The maximum absolute atomic E-state index is 15.1. The molecular formula is C83H138N12O17S. The van der Waals surface area contributed by atoms with Gasteiger partial charge in [0.15, 0.2) is 0 Å². The number of allylic oxidation sites excluding steroid dienone is 2. The van der Waals surface area contributed by atoms with Gasteiger partial charge in [0.2, 0.25) is 65.0 Å². The molecule has 3 fully saturated rings. The molecule has 3 aliphatic rings. The van der Waals surface area contributed by atoms with E-state index in [0.29, 0.717) is 24.6 Å². The van der Waals surface area contributed by atoms with Gasteiger partial charge in [-0.1, -0.05) is 170 Å². The van der Waals surface area contributed by atoms with Crippen molar-refractivity contribution in [2.75, 3.05) is 62.9 Å². The Hall–Kier alpha value is -7.90. The lowest BCUT2D eigenvalue weighted by molar-refractivity contribution is -0.157. The Morgan fingerprint density at radius 3 is 1.33 bits per heavy atom. The highest BCUT2D eigenvalue weighted by molar-refractivity contribution is 7.79. The van der Waals surface area contributed by atoms with E-state index in [4.69, 9.17) is 22.3 Å². The minimum absolute atomic E-state index is 0.0229. The first-order valence-corrected chi connectivity index (χ1v) is 41.4. The molecule has 2 aromatic carbocycles. The fourth-order valence-electron chi connectivity index (χ4n) is 15.0. The van der Waals surface area contributed by atoms with Gasteiger partial charge in [-0.15, -0.1) is 0 Å². The molecular weight excluding hydrogens is 1470 g/mol. The normalized spacial score (nSPS) is 26.3. The van der Waals surface area contributed by atoms with Gasteiger partial charge in [0.25, 0.3) is 0 Å². The number of piperidine rings is 1. The number of aliphatic hydroxyl groups excluding tert-OH is 1. The fraction of sp³-hybridized carbons (Fsp3) is 0.699. The number of carbonyl (C=O) groups excluding carboxylic acids is 11. The van der Waals surface area contributed by atoms with Gasteiger partial charge in [-0.3, -0.25) is 61.8 Å². The third kappa shape index (κ3) is 29.7. The molecule has 11 amide bonds. The summed E-state index contributed by atoms with van der Waals surface area (Å²) < 4.78 is 38.2. The first-order chi connectivity index (χ1) is 52.5. The molecule has 0 aliphatic carbocycles. The molecule has 5 rings (SSSR count). The van der Waals surface area contributed by atoms with Crippen LogP contribution in [0.15, 0.2) is 72.8 Å². The second kappa shape index (κ2) is 46.0. The first-order valence-electron chi connectivity index (χ1n) is 40.0. The van der Waals surface area contributed by atoms with Crippen LogP contribution in [-0.2, 0) is 67.9 Å². The highest BCUT2D eigenvalue weighted by Crippen LogP contribution is 2.39. The average Bonchev–Trinajstić information content (AvgIpc) is 1.78. The summed E-state index contributed by atoms with van der Waals surface area (Å²) in [4.78, 5) is 171. The van der Waals surface area contributed by atoms with Gasteiger partial charge in [-0.2, -0.15) is 8.42 Å². The highest BCUT2D eigenvalue weighted by Gasteiger charge is 2.47. The van der Waals surface area contributed by atoms with Crippen molar-refractivity contribution in [3.8, 4) is 0 Å². The van der Waals surface area contributed by atoms with E-state index in [1.165, 1.54) is 124 Å². The van der Waals surface area contributed by atoms with E-state index >= 15 is 9.59 Å². The number of amides is 11. The molecule has 638 valence electrons. The molecule has 3 aliphatic heterocycles. The van der Waals surface area contributed by atoms with Crippen molar-refractivity contribution in [2.24, 2.45) is 41.4 Å². The second-order valence-corrected chi connectivity index (χ2v) is 34.4. The summed E-state index contributed by atoms with van der Waals surface area (Å²) in [6.45, 7) is 29.3. The third-order valence-corrected chi connectivity index (χ3v) is 21.7. The predicted octanol–water partition coefficient (Wildman–Crippen LogP) is 7.03. The Balaban J connectivity index is 0.000000966. The van der Waals surface area contributed by atoms with Gasteiger partial charge < -0.3 is 70.3 Å². The predicted molar refractivity (Wildman–Crippen MR) is 436 cm³/mol. The highest BCUT2D eigenvalue weighted by atomic mass is 32.3. The molecule has 113 heavy (non-hydrogen) atoms. The largest absolute Gasteiger partial charge is 0.394 e. The Morgan fingerprint density at radius 1 is 0.487 bits per heavy atom. The Bertz CT molecular complexity index is 3520. The van der Waals surface area contributed by atoms with Crippen molar-refractivity contribution in [1.29, 1.82) is 0 Å². The number of likely N-dealkylation sites (N-methyl/N-ethyl adjacent to an activating group) is 7. The zero-order chi connectivity index (χ0) is 86.1. The molecule has 30 heteroatoms. The lowest BCUT2D eigenvalue weighted by Gasteiger charge is -2.41. The maximum Gasteiger partial charge on any atom is 0.394 e. The number of fused-ring (bicyclic) bond motifs is 2. The summed E-state index contributed by atoms with van der Waals surface area (Å²) in [6, 6.07) is 10.4. The van der Waals surface area contributed by atoms with Crippen LogP contribution >= 0.6 is 0 Å². The minimum Gasteiger partial charge on any atom is -0.390 e. The van der Waals surface area contributed by atoms with Gasteiger partial charge >= 0.3 is 10.4 Å². The molecule has 7 N–H and O–H groups in total. The Morgan fingerprint density at radius 2 is 0.894 bits per heavy atom. The van der Waals surface area contributed by atoms with Crippen LogP contribution in [-0.4, -0.2) is 274 Å². The topological polar surface area (TPSA) is 366 Å². The van der Waals surface area contributed by atoms with Crippen molar-refractivity contribution in [1.82, 2.24) is 60.5 Å². The van der Waals surface area contributed by atoms with Crippen LogP contribution in [0, 0.1) is 41.4 Å². The molecule has 29 nitrogen and oxygen atoms in total. The second-order valence-electron chi connectivity index (χ2n) is 33.5. The summed E-state index contributed by atoms with van der Waals surface area (Å²) in [5.74, 6) is -9.71. The van der Waals surface area contributed by atoms with Crippen LogP contribution in [0.25, 0.3) is 0 Å². The van der Waals surface area contributed by atoms with Gasteiger partial charge in [-0.25, -0.2) is 0 Å². The van der Waals surface area contributed by atoms with E-state index in [1.54, 1.807) is 54.5 Å². The standard InChI is InChI=1S/C62H111N11O12.C21H25NO.H2O4S/c1-25-27-28-40(15)52(75)51-56(79)65-43(26-2)58(81)67(18)33-48(74)68(19)44(29-34(3)4)55(78)66-49(38(11)12)61(84)69(20)45(30-35(5)6)54(77)63-41(16)53(76)64-42(17)57(80)70(21)46(31-36(7)8)59(82)71(22)47(32-37(9)10)60(83)72(23)50(39(13)14)62(85)73(51)24;1-22-18-12-13-19(22)15-20(14-18)23-21(16-8-4-2-5-9-16)17-10-6-3-7-11-17;1-5(2,3)4/h25,27,34-47,49-52,75H,26,28-33H2,1-24H3,(H,63,77)(H,64,76)(H,65,79)(H,66,78);2-11,18-21H,12-15H2,1H3;(H2,1,2,3,4). The van der Waals surface area contributed by atoms with E-state index in [-0.39, 0.29) is 61.9 Å². The average molecular weight is 1610 g/mol. The molecule has 0 radical (unpaired) electrons. The smallest absolute Gasteiger partial charge is 0.390 e. The number of rotatable bonds is 19. The fourth-order valence-corrected chi connectivity index (χ4v) is 15.0. The Labute approximate surface area is 673 Å². The molecule has 14 unspecified atom stereocenters. The molecule has 3 heterocycles. The lowest BCUT2D eigenvalue weighted by Crippen LogP contribution is -2.63. The van der Waals surface area contributed by atoms with Crippen LogP contribution in [0.1, 0.15) is 199 Å². The van der Waals surface area contributed by atoms with Crippen molar-refractivity contribution < 1.29 is 80.1 Å². The molecule has 2 bridgehead atoms. The van der Waals surface area contributed by atoms with E-state index < -0.39 is 166 Å². The molecule has 3 saturated heterocycles. The van der Waals surface area contributed by atoms with Crippen molar-refractivity contribution >= 4 is 75.4 Å². The van der Waals surface area contributed by atoms with Crippen LogP contribution in [0.5, 0.6) is 0 Å². The number of nitrogens with zero attached hydrogens (tertiary/aromatic N) is 8. The van der Waals surface area contributed by atoms with Crippen molar-refractivity contribution in [2.45, 2.75) is 273 Å². The number of hydrogen-bond donors (Lipinski definition) is 7. The van der Waals surface area contributed by atoms with Crippen molar-refractivity contribution in [3.05, 3.63) is 83.9 Å². The summed E-state index contributed by atoms with van der Waals surface area (Å²) in [5, 5.41) is 23.1. The molecule has 0 aromatic heterocycles. The number of carbonyl (C=O) groups is 11. The summed E-state index contributed by atoms with van der Waals surface area (Å²) in [7, 11) is 7.53. The van der Waals surface area contributed by atoms with Crippen LogP contribution in [0.4, 0.5) is 0 Å². The van der Waals surface area contributed by atoms with E-state index in [0.717, 1.165) is 9.80 Å². The van der Waals surface area contributed by atoms with Crippen LogP contribution in [0.2, 0.25) is 0 Å². The summed E-state index contributed by atoms with van der Waals surface area (Å²) >= 11 is 0. The SMILES string of the molecule is CC=CCC(C)C(O)C1C(=O)NC(CC)C(=O)N(C)CC(=O)N(C)C(CC(C)C)C(=O)NC(C(C)C)C(=O)N(C)C(CC(C)C)C(=O)NC(C)C(=O)NC(C)C(=O)N(C)C(CC(C)C)C(=O)N(C)C(CC(C)C)C(=O)N(C)C(C(C)C)C(=O)N1C.CN1C2CCC1CC(OC(c1ccccc1)c1ccccc1)C2.O=S(=O)(O)O. The monoisotopic (exact) mass is 1610 g/mol. The number of ether oxygens (including phenoxy) is 1. The van der Waals surface area contributed by atoms with Crippen molar-refractivity contribution in [3.63, 3.8) is 0 Å². The summed E-state index contributed by atoms with van der Waals surface area (Å²) in [6.07, 6.45) is 8.47. The van der Waals surface area contributed by atoms with Gasteiger partial charge in [0.1, 0.15) is 66.5 Å². The molecule has 14 atom stereocenters. The molecule has 2 aromatic rings. The van der Waals surface area contributed by atoms with Crippen LogP contribution < -0.4 is 21.3 Å². The zero-order valence-corrected chi connectivity index (χ0v) is 72.8. The Kier molecular flexibility index (Phi) is 40.4. The number of hydrogen-bond acceptors (Lipinski definition) is 16. The van der Waals surface area contributed by atoms with Gasteiger partial charge in [0.05, 0.1) is 18.8 Å². The minimum atomic E-state index is -4.67. The number of aliphatic hydroxyl groups is 1. The van der Waals surface area contributed by atoms with E-state index in [1.807, 2.05) is 61.5 Å². The van der Waals surface area contributed by atoms with E-state index in [2.05, 4.69) is 93.9 Å². The summed E-state index contributed by atoms with van der Waals surface area (Å²) in [5.41, 5.74) is 2.51. The maximum atomic E-state index is 15.1. The zero-order valence-electron chi connectivity index (χ0n) is 72.0. The van der Waals surface area contributed by atoms with Crippen LogP contribution in [0.3, 0.4) is 0 Å².